The monoisotopic (exact) mass is 660 g/mol. The second-order valence-electron chi connectivity index (χ2n) is 4.62. The zero-order chi connectivity index (χ0) is 17.8. The zero-order valence-electron chi connectivity index (χ0n) is 13.2. The van der Waals surface area contributed by atoms with Crippen LogP contribution < -0.4 is 10.1 Å². The molecule has 0 aliphatic heterocycles. The lowest BCUT2D eigenvalue weighted by Crippen LogP contribution is -2.13. The Hall–Kier alpha value is -0.200. The van der Waals surface area contributed by atoms with Crippen molar-refractivity contribution in [2.24, 2.45) is 0 Å². The van der Waals surface area contributed by atoms with Gasteiger partial charge in [-0.2, -0.15) is 0 Å². The first-order valence-corrected chi connectivity index (χ1v) is 10.4. The fraction of sp³-hybridized carbons (Fsp3) is 0.167. The normalized spacial score (nSPS) is 10.8. The van der Waals surface area contributed by atoms with Gasteiger partial charge in [-0.3, -0.25) is 0 Å². The predicted octanol–water partition coefficient (Wildman–Crippen LogP) is 6.05. The Morgan fingerprint density at radius 2 is 1.67 bits per heavy atom. The van der Waals surface area contributed by atoms with Crippen LogP contribution in [0.5, 0.6) is 5.75 Å². The van der Waals surface area contributed by atoms with Gasteiger partial charge in [-0.25, -0.2) is 0 Å². The summed E-state index contributed by atoms with van der Waals surface area (Å²) in [5.41, 5.74) is 2.32. The average molecular weight is 660 g/mol. The lowest BCUT2D eigenvalue weighted by molar-refractivity contribution is 0.373. The van der Waals surface area contributed by atoms with E-state index < -0.39 is 0 Å². The van der Waals surface area contributed by atoms with E-state index in [-0.39, 0.29) is -0.379 Å². The zero-order valence-corrected chi connectivity index (χ0v) is 19.6. The van der Waals surface area contributed by atoms with E-state index in [0.717, 1.165) is 17.9 Å². The van der Waals surface area contributed by atoms with Crippen molar-refractivity contribution >= 4 is 80.1 Å². The number of halogens is 3. The third-order valence-electron chi connectivity index (χ3n) is 2.75. The van der Waals surface area contributed by atoms with E-state index in [4.69, 9.17) is 10.1 Å². The Kier molecular flexibility index (Phi) is 11.1. The molecule has 2 N–H and O–H groups in total. The van der Waals surface area contributed by atoms with Crippen LogP contribution in [0, 0.1) is 5.41 Å². The fourth-order valence-corrected chi connectivity index (χ4v) is 2.50. The SMILES string of the molecule is CNCc1ccccc1OC(I)(I)I.N=C/C=C/c1ccccc1. The highest BCUT2D eigenvalue weighted by molar-refractivity contribution is 14.3. The largest absolute Gasteiger partial charge is 0.459 e. The van der Waals surface area contributed by atoms with Crippen LogP contribution in [-0.4, -0.2) is 12.9 Å². The summed E-state index contributed by atoms with van der Waals surface area (Å²) in [5, 5.41) is 9.86. The van der Waals surface area contributed by atoms with Crippen molar-refractivity contribution < 1.29 is 4.74 Å². The lowest BCUT2D eigenvalue weighted by atomic mass is 10.2. The number of nitrogens with one attached hydrogen (secondary N) is 2. The molecule has 2 rings (SSSR count). The number of benzene rings is 2. The molecule has 2 aromatic rings. The van der Waals surface area contributed by atoms with Crippen molar-refractivity contribution in [2.45, 2.75) is 6.17 Å². The molecule has 0 aliphatic carbocycles. The third kappa shape index (κ3) is 9.94. The van der Waals surface area contributed by atoms with Gasteiger partial charge in [0.25, 0.3) is -0.379 Å². The fourth-order valence-electron chi connectivity index (χ4n) is 1.79. The maximum Gasteiger partial charge on any atom is 0.258 e. The summed E-state index contributed by atoms with van der Waals surface area (Å²) in [6.45, 7) is 0.830. The molecule has 0 aromatic heterocycles. The van der Waals surface area contributed by atoms with E-state index in [2.05, 4.69) is 79.2 Å². The van der Waals surface area contributed by atoms with Gasteiger partial charge in [0.05, 0.1) is 0 Å². The smallest absolute Gasteiger partial charge is 0.258 e. The molecule has 128 valence electrons. The summed E-state index contributed by atoms with van der Waals surface area (Å²) in [4.78, 5) is 0. The van der Waals surface area contributed by atoms with Gasteiger partial charge >= 0.3 is 0 Å². The Labute approximate surface area is 184 Å². The molecular weight excluding hydrogens is 641 g/mol. The van der Waals surface area contributed by atoms with Gasteiger partial charge < -0.3 is 15.5 Å². The molecule has 0 bridgehead atoms. The molecule has 24 heavy (non-hydrogen) atoms. The van der Waals surface area contributed by atoms with Gasteiger partial charge in [0, 0.05) is 18.3 Å². The quantitative estimate of drug-likeness (QED) is 0.225. The molecule has 0 amide bonds. The highest BCUT2D eigenvalue weighted by Gasteiger charge is 2.20. The Bertz CT molecular complexity index is 640. The molecule has 0 aliphatic rings. The number of hydrogen-bond acceptors (Lipinski definition) is 3. The van der Waals surface area contributed by atoms with Gasteiger partial charge in [-0.15, -0.1) is 0 Å². The van der Waals surface area contributed by atoms with Crippen LogP contribution in [0.4, 0.5) is 0 Å². The maximum atomic E-state index is 6.74. The van der Waals surface area contributed by atoms with Crippen LogP contribution in [0.2, 0.25) is 0 Å². The van der Waals surface area contributed by atoms with Gasteiger partial charge in [0.15, 0.2) is 0 Å². The molecule has 6 heteroatoms. The topological polar surface area (TPSA) is 45.1 Å². The first-order valence-electron chi connectivity index (χ1n) is 7.16. The minimum absolute atomic E-state index is 0.225. The first-order chi connectivity index (χ1) is 11.5. The Balaban J connectivity index is 0.000000254. The number of allylic oxidation sites excluding steroid dienone is 1. The predicted molar refractivity (Wildman–Crippen MR) is 129 cm³/mol. The number of alkyl halides is 3. The van der Waals surface area contributed by atoms with E-state index >= 15 is 0 Å². The van der Waals surface area contributed by atoms with Crippen LogP contribution in [0.1, 0.15) is 11.1 Å². The third-order valence-corrected chi connectivity index (χ3v) is 3.41. The van der Waals surface area contributed by atoms with Crippen molar-refractivity contribution in [3.63, 3.8) is 0 Å². The lowest BCUT2D eigenvalue weighted by Gasteiger charge is -2.18. The van der Waals surface area contributed by atoms with Crippen LogP contribution in [0.15, 0.2) is 60.7 Å². The minimum atomic E-state index is -0.225. The second-order valence-corrected chi connectivity index (χ2v) is 15.4. The molecule has 0 saturated carbocycles. The average Bonchev–Trinajstić information content (AvgIpc) is 2.55. The van der Waals surface area contributed by atoms with Crippen LogP contribution >= 0.6 is 67.8 Å². The van der Waals surface area contributed by atoms with Crippen molar-refractivity contribution in [1.29, 1.82) is 5.41 Å². The standard InChI is InChI=1S/C9H10I3NO.C9H9N/c1-13-6-7-4-2-3-5-8(7)14-9(10,11)12;10-8-4-7-9-5-2-1-3-6-9/h2-5,13H,6H2,1H3;1-8,10H/b;7-4+,10-8?. The highest BCUT2D eigenvalue weighted by Crippen LogP contribution is 2.38. The van der Waals surface area contributed by atoms with E-state index in [1.807, 2.05) is 61.7 Å². The number of ether oxygens (including phenoxy) is 1. The van der Waals surface area contributed by atoms with Crippen molar-refractivity contribution in [2.75, 3.05) is 7.05 Å². The van der Waals surface area contributed by atoms with Gasteiger partial charge in [-0.1, -0.05) is 54.6 Å². The summed E-state index contributed by atoms with van der Waals surface area (Å²) in [6.07, 6.45) is 4.87. The summed E-state index contributed by atoms with van der Waals surface area (Å²) in [5.74, 6) is 0.944. The molecular formula is C18H19I3N2O. The van der Waals surface area contributed by atoms with Gasteiger partial charge in [0.2, 0.25) is 0 Å². The number of para-hydroxylation sites is 1. The molecule has 0 unspecified atom stereocenters. The van der Waals surface area contributed by atoms with E-state index in [9.17, 15) is 0 Å². The molecule has 0 spiro atoms. The van der Waals surface area contributed by atoms with E-state index in [0.29, 0.717) is 0 Å². The van der Waals surface area contributed by atoms with Gasteiger partial charge in [0.1, 0.15) is 5.75 Å². The summed E-state index contributed by atoms with van der Waals surface area (Å²) in [7, 11) is 1.93. The maximum absolute atomic E-state index is 6.74. The van der Waals surface area contributed by atoms with Crippen molar-refractivity contribution in [3.05, 3.63) is 71.8 Å². The van der Waals surface area contributed by atoms with Crippen LogP contribution in [0.25, 0.3) is 6.08 Å². The Morgan fingerprint density at radius 1 is 1.04 bits per heavy atom. The Morgan fingerprint density at radius 3 is 2.25 bits per heavy atom. The first kappa shape index (κ1) is 21.8. The van der Waals surface area contributed by atoms with Crippen LogP contribution in [-0.2, 0) is 6.54 Å². The number of hydrogen-bond donors (Lipinski definition) is 2. The molecule has 3 nitrogen and oxygen atoms in total. The molecule has 0 atom stereocenters. The molecule has 0 saturated heterocycles. The summed E-state index contributed by atoms with van der Waals surface area (Å²) in [6, 6.07) is 18.0. The van der Waals surface area contributed by atoms with Crippen molar-refractivity contribution in [3.8, 4) is 5.75 Å². The highest BCUT2D eigenvalue weighted by atomic mass is 127. The number of rotatable bonds is 6. The molecule has 0 fully saturated rings. The van der Waals surface area contributed by atoms with E-state index in [1.165, 1.54) is 11.8 Å². The van der Waals surface area contributed by atoms with Crippen molar-refractivity contribution in [1.82, 2.24) is 5.32 Å². The summed E-state index contributed by atoms with van der Waals surface area (Å²) < 4.78 is 5.58. The molecule has 0 radical (unpaired) electrons. The van der Waals surface area contributed by atoms with E-state index in [1.54, 1.807) is 6.08 Å². The molecule has 0 heterocycles. The summed E-state index contributed by atoms with van der Waals surface area (Å²) >= 11 is 6.77. The molecule has 2 aromatic carbocycles. The van der Waals surface area contributed by atoms with Crippen LogP contribution in [0.3, 0.4) is 0 Å². The minimum Gasteiger partial charge on any atom is -0.459 e. The van der Waals surface area contributed by atoms with Gasteiger partial charge in [-0.05, 0) is 92.5 Å². The second kappa shape index (κ2) is 12.2.